The van der Waals surface area contributed by atoms with Crippen LogP contribution in [-0.2, 0) is 13.0 Å². The van der Waals surface area contributed by atoms with E-state index >= 15 is 0 Å². The zero-order valence-electron chi connectivity index (χ0n) is 10.7. The van der Waals surface area contributed by atoms with Gasteiger partial charge in [-0.2, -0.15) is 0 Å². The van der Waals surface area contributed by atoms with Gasteiger partial charge in [0.1, 0.15) is 5.82 Å². The average molecular weight is 251 g/mol. The van der Waals surface area contributed by atoms with Crippen LogP contribution in [-0.4, -0.2) is 15.4 Å². The molecule has 0 aliphatic rings. The van der Waals surface area contributed by atoms with Gasteiger partial charge in [0.05, 0.1) is 11.0 Å². The van der Waals surface area contributed by atoms with Gasteiger partial charge in [-0.25, -0.2) is 4.98 Å². The number of halogens is 1. The third-order valence-corrected chi connectivity index (χ3v) is 3.11. The topological polar surface area (TPSA) is 17.8 Å². The van der Waals surface area contributed by atoms with Crippen LogP contribution in [0.4, 0.5) is 0 Å². The third-order valence-electron chi connectivity index (χ3n) is 2.93. The number of fused-ring (bicyclic) bond motifs is 1. The Balaban J connectivity index is 2.58. The number of rotatable bonds is 4. The highest BCUT2D eigenvalue weighted by atomic mass is 35.5. The molecule has 0 aliphatic carbocycles. The molecule has 0 unspecified atom stereocenters. The molecule has 3 heteroatoms. The van der Waals surface area contributed by atoms with E-state index in [2.05, 4.69) is 43.5 Å². The fourth-order valence-corrected chi connectivity index (χ4v) is 2.35. The summed E-state index contributed by atoms with van der Waals surface area (Å²) >= 11 is 5.86. The van der Waals surface area contributed by atoms with Gasteiger partial charge in [-0.3, -0.25) is 0 Å². The maximum atomic E-state index is 5.86. The number of aryl methyl sites for hydroxylation is 2. The molecule has 0 fully saturated rings. The Labute approximate surface area is 108 Å². The molecule has 0 bridgehead atoms. The average Bonchev–Trinajstić information content (AvgIpc) is 2.59. The van der Waals surface area contributed by atoms with E-state index in [4.69, 9.17) is 16.6 Å². The number of imidazole rings is 1. The number of aromatic nitrogens is 2. The van der Waals surface area contributed by atoms with Gasteiger partial charge in [-0.05, 0) is 24.5 Å². The van der Waals surface area contributed by atoms with Crippen molar-refractivity contribution < 1.29 is 0 Å². The minimum Gasteiger partial charge on any atom is -0.328 e. The van der Waals surface area contributed by atoms with Gasteiger partial charge in [0, 0.05) is 18.8 Å². The van der Waals surface area contributed by atoms with Crippen molar-refractivity contribution in [3.63, 3.8) is 0 Å². The second kappa shape index (κ2) is 5.09. The van der Waals surface area contributed by atoms with Crippen molar-refractivity contribution in [3.05, 3.63) is 29.6 Å². The Bertz CT molecular complexity index is 514. The Kier molecular flexibility index (Phi) is 3.72. The summed E-state index contributed by atoms with van der Waals surface area (Å²) in [5, 5.41) is 0. The summed E-state index contributed by atoms with van der Waals surface area (Å²) in [5.74, 6) is 2.35. The monoisotopic (exact) mass is 250 g/mol. The van der Waals surface area contributed by atoms with Gasteiger partial charge >= 0.3 is 0 Å². The molecular formula is C14H19ClN2. The van der Waals surface area contributed by atoms with Gasteiger partial charge in [0.2, 0.25) is 0 Å². The zero-order valence-corrected chi connectivity index (χ0v) is 11.5. The molecule has 0 amide bonds. The molecule has 1 heterocycles. The zero-order chi connectivity index (χ0) is 12.4. The maximum absolute atomic E-state index is 5.86. The number of benzene rings is 1. The first-order chi connectivity index (χ1) is 8.13. The van der Waals surface area contributed by atoms with E-state index in [-0.39, 0.29) is 0 Å². The van der Waals surface area contributed by atoms with Crippen molar-refractivity contribution in [1.82, 2.24) is 9.55 Å². The summed E-state index contributed by atoms with van der Waals surface area (Å²) in [6.07, 6.45) is 0.836. The van der Waals surface area contributed by atoms with Crippen LogP contribution >= 0.6 is 11.6 Å². The Morgan fingerprint density at radius 3 is 2.76 bits per heavy atom. The summed E-state index contributed by atoms with van der Waals surface area (Å²) in [6, 6.07) is 6.36. The highest BCUT2D eigenvalue weighted by molar-refractivity contribution is 6.17. The Morgan fingerprint density at radius 2 is 2.12 bits per heavy atom. The van der Waals surface area contributed by atoms with Gasteiger partial charge in [-0.15, -0.1) is 11.6 Å². The molecule has 92 valence electrons. The van der Waals surface area contributed by atoms with Crippen LogP contribution in [0.25, 0.3) is 11.0 Å². The molecule has 0 saturated carbocycles. The predicted octanol–water partition coefficient (Wildman–Crippen LogP) is 3.78. The lowest BCUT2D eigenvalue weighted by Crippen LogP contribution is -2.09. The first kappa shape index (κ1) is 12.4. The number of hydrogen-bond acceptors (Lipinski definition) is 1. The van der Waals surface area contributed by atoms with E-state index in [1.807, 2.05) is 0 Å². The van der Waals surface area contributed by atoms with Crippen molar-refractivity contribution in [1.29, 1.82) is 0 Å². The van der Waals surface area contributed by atoms with Gasteiger partial charge < -0.3 is 4.57 Å². The minimum absolute atomic E-state index is 0.613. The van der Waals surface area contributed by atoms with E-state index in [0.717, 1.165) is 24.3 Å². The molecule has 0 saturated heterocycles. The Hall–Kier alpha value is -1.02. The van der Waals surface area contributed by atoms with Crippen molar-refractivity contribution in [2.24, 2.45) is 5.92 Å². The van der Waals surface area contributed by atoms with Crippen LogP contribution in [0.15, 0.2) is 18.2 Å². The Morgan fingerprint density at radius 1 is 1.35 bits per heavy atom. The van der Waals surface area contributed by atoms with Crippen LogP contribution in [0.2, 0.25) is 0 Å². The number of nitrogens with zero attached hydrogens (tertiary/aromatic N) is 2. The van der Waals surface area contributed by atoms with Crippen molar-refractivity contribution in [2.45, 2.75) is 33.7 Å². The molecule has 1 aromatic heterocycles. The van der Waals surface area contributed by atoms with Gasteiger partial charge in [-0.1, -0.05) is 26.0 Å². The molecular weight excluding hydrogens is 232 g/mol. The summed E-state index contributed by atoms with van der Waals surface area (Å²) in [6.45, 7) is 7.57. The second-order valence-electron chi connectivity index (χ2n) is 4.91. The van der Waals surface area contributed by atoms with E-state index < -0.39 is 0 Å². The molecule has 0 N–H and O–H groups in total. The lowest BCUT2D eigenvalue weighted by Gasteiger charge is -2.11. The first-order valence-corrected chi connectivity index (χ1v) is 6.67. The quantitative estimate of drug-likeness (QED) is 0.755. The molecule has 1 aromatic carbocycles. The number of alkyl halides is 1. The number of para-hydroxylation sites is 1. The molecule has 2 nitrogen and oxygen atoms in total. The summed E-state index contributed by atoms with van der Waals surface area (Å²) in [5.41, 5.74) is 3.59. The summed E-state index contributed by atoms with van der Waals surface area (Å²) in [4.78, 5) is 4.73. The SMILES string of the molecule is Cc1cccc2c1nc(CCCl)n2CC(C)C. The third kappa shape index (κ3) is 2.47. The highest BCUT2D eigenvalue weighted by Crippen LogP contribution is 2.21. The predicted molar refractivity (Wildman–Crippen MR) is 73.7 cm³/mol. The van der Waals surface area contributed by atoms with Crippen LogP contribution in [0, 0.1) is 12.8 Å². The van der Waals surface area contributed by atoms with Crippen molar-refractivity contribution in [3.8, 4) is 0 Å². The van der Waals surface area contributed by atoms with Crippen LogP contribution < -0.4 is 0 Å². The van der Waals surface area contributed by atoms with Crippen LogP contribution in [0.1, 0.15) is 25.2 Å². The van der Waals surface area contributed by atoms with E-state index in [9.17, 15) is 0 Å². The fourth-order valence-electron chi connectivity index (χ4n) is 2.18. The standard InChI is InChI=1S/C14H19ClN2/c1-10(2)9-17-12-6-4-5-11(3)14(12)16-13(17)7-8-15/h4-6,10H,7-9H2,1-3H3. The maximum Gasteiger partial charge on any atom is 0.111 e. The first-order valence-electron chi connectivity index (χ1n) is 6.14. The smallest absolute Gasteiger partial charge is 0.111 e. The minimum atomic E-state index is 0.613. The fraction of sp³-hybridized carbons (Fsp3) is 0.500. The molecule has 0 aliphatic heterocycles. The van der Waals surface area contributed by atoms with Crippen molar-refractivity contribution >= 4 is 22.6 Å². The molecule has 0 spiro atoms. The lowest BCUT2D eigenvalue weighted by atomic mass is 10.2. The highest BCUT2D eigenvalue weighted by Gasteiger charge is 2.12. The lowest BCUT2D eigenvalue weighted by molar-refractivity contribution is 0.519. The van der Waals surface area contributed by atoms with Crippen LogP contribution in [0.5, 0.6) is 0 Å². The summed E-state index contributed by atoms with van der Waals surface area (Å²) in [7, 11) is 0. The van der Waals surface area contributed by atoms with Gasteiger partial charge in [0.15, 0.2) is 0 Å². The second-order valence-corrected chi connectivity index (χ2v) is 5.29. The van der Waals surface area contributed by atoms with Gasteiger partial charge in [0.25, 0.3) is 0 Å². The number of hydrogen-bond donors (Lipinski definition) is 0. The molecule has 2 aromatic rings. The van der Waals surface area contributed by atoms with Crippen molar-refractivity contribution in [2.75, 3.05) is 5.88 Å². The molecule has 0 radical (unpaired) electrons. The molecule has 2 rings (SSSR count). The van der Waals surface area contributed by atoms with E-state index in [1.54, 1.807) is 0 Å². The largest absolute Gasteiger partial charge is 0.328 e. The normalized spacial score (nSPS) is 11.6. The summed E-state index contributed by atoms with van der Waals surface area (Å²) < 4.78 is 2.31. The van der Waals surface area contributed by atoms with Crippen LogP contribution in [0.3, 0.4) is 0 Å². The van der Waals surface area contributed by atoms with E-state index in [0.29, 0.717) is 11.8 Å². The molecule has 0 atom stereocenters. The van der Waals surface area contributed by atoms with E-state index in [1.165, 1.54) is 11.1 Å². The molecule has 17 heavy (non-hydrogen) atoms.